The van der Waals surface area contributed by atoms with E-state index in [1.54, 1.807) is 6.07 Å². The molecule has 1 aromatic heterocycles. The van der Waals surface area contributed by atoms with Gasteiger partial charge in [-0.05, 0) is 37.1 Å². The molecule has 0 bridgehead atoms. The molecule has 0 spiro atoms. The van der Waals surface area contributed by atoms with Crippen molar-refractivity contribution in [2.45, 2.75) is 39.3 Å². The van der Waals surface area contributed by atoms with Crippen molar-refractivity contribution < 1.29 is 4.39 Å². The van der Waals surface area contributed by atoms with E-state index in [0.717, 1.165) is 24.9 Å². The van der Waals surface area contributed by atoms with Crippen LogP contribution in [-0.2, 0) is 6.54 Å². The van der Waals surface area contributed by atoms with Crippen molar-refractivity contribution >= 4 is 0 Å². The predicted octanol–water partition coefficient (Wildman–Crippen LogP) is 4.13. The van der Waals surface area contributed by atoms with E-state index < -0.39 is 0 Å². The molecule has 0 fully saturated rings. The van der Waals surface area contributed by atoms with Gasteiger partial charge in [0.2, 0.25) is 0 Å². The Morgan fingerprint density at radius 1 is 1.20 bits per heavy atom. The lowest BCUT2D eigenvalue weighted by atomic mass is 10.1. The number of nitrogens with one attached hydrogen (secondary N) is 1. The maximum Gasteiger partial charge on any atom is 0.128 e. The summed E-state index contributed by atoms with van der Waals surface area (Å²) in [6, 6.07) is 9.45. The first-order chi connectivity index (χ1) is 9.74. The van der Waals surface area contributed by atoms with Crippen LogP contribution in [0, 0.1) is 5.82 Å². The molecule has 1 aromatic carbocycles. The van der Waals surface area contributed by atoms with Gasteiger partial charge in [-0.3, -0.25) is 0 Å². The molecule has 1 atom stereocenters. The zero-order valence-corrected chi connectivity index (χ0v) is 12.3. The lowest BCUT2D eigenvalue weighted by Crippen LogP contribution is -2.21. The Kier molecular flexibility index (Phi) is 5.36. The van der Waals surface area contributed by atoms with Crippen molar-refractivity contribution in [3.05, 3.63) is 59.7 Å². The quantitative estimate of drug-likeness (QED) is 0.803. The maximum atomic E-state index is 13.6. The van der Waals surface area contributed by atoms with E-state index in [1.807, 2.05) is 22.9 Å². The number of aromatic nitrogens is 1. The van der Waals surface area contributed by atoms with Crippen LogP contribution < -0.4 is 5.32 Å². The van der Waals surface area contributed by atoms with Crippen molar-refractivity contribution in [3.8, 4) is 0 Å². The molecule has 1 N–H and O–H groups in total. The summed E-state index contributed by atoms with van der Waals surface area (Å²) in [5.41, 5.74) is 2.00. The summed E-state index contributed by atoms with van der Waals surface area (Å²) in [4.78, 5) is 0. The Balaban J connectivity index is 2.06. The van der Waals surface area contributed by atoms with Crippen molar-refractivity contribution in [1.29, 1.82) is 0 Å². The SMILES string of the molecule is CCCNC(CC)c1ccn(Cc2ccccc2F)c1. The van der Waals surface area contributed by atoms with Gasteiger partial charge in [-0.15, -0.1) is 0 Å². The summed E-state index contributed by atoms with van der Waals surface area (Å²) in [7, 11) is 0. The van der Waals surface area contributed by atoms with Crippen LogP contribution in [0.4, 0.5) is 4.39 Å². The second-order valence-electron chi connectivity index (χ2n) is 5.12. The molecule has 2 rings (SSSR count). The molecule has 0 aliphatic rings. The normalized spacial score (nSPS) is 12.6. The minimum absolute atomic E-state index is 0.140. The highest BCUT2D eigenvalue weighted by molar-refractivity contribution is 5.20. The van der Waals surface area contributed by atoms with Crippen LogP contribution in [0.1, 0.15) is 43.9 Å². The Morgan fingerprint density at radius 3 is 2.70 bits per heavy atom. The van der Waals surface area contributed by atoms with Crippen LogP contribution in [0.5, 0.6) is 0 Å². The first kappa shape index (κ1) is 14.8. The Hall–Kier alpha value is -1.61. The molecule has 1 heterocycles. The summed E-state index contributed by atoms with van der Waals surface area (Å²) >= 11 is 0. The van der Waals surface area contributed by atoms with Crippen LogP contribution in [0.2, 0.25) is 0 Å². The third kappa shape index (κ3) is 3.70. The third-order valence-corrected chi connectivity index (χ3v) is 3.54. The van der Waals surface area contributed by atoms with Gasteiger partial charge in [0.25, 0.3) is 0 Å². The van der Waals surface area contributed by atoms with Crippen molar-refractivity contribution in [2.75, 3.05) is 6.54 Å². The molecule has 20 heavy (non-hydrogen) atoms. The van der Waals surface area contributed by atoms with Crippen LogP contribution >= 0.6 is 0 Å². The topological polar surface area (TPSA) is 17.0 Å². The number of rotatable bonds is 7. The van der Waals surface area contributed by atoms with E-state index >= 15 is 0 Å². The van der Waals surface area contributed by atoms with E-state index in [4.69, 9.17) is 0 Å². The molecule has 108 valence electrons. The predicted molar refractivity (Wildman–Crippen MR) is 81.3 cm³/mol. The molecule has 0 saturated heterocycles. The van der Waals surface area contributed by atoms with Gasteiger partial charge < -0.3 is 9.88 Å². The van der Waals surface area contributed by atoms with Crippen LogP contribution in [0.3, 0.4) is 0 Å². The standard InChI is InChI=1S/C17H23FN2/c1-3-10-19-17(4-2)15-9-11-20(13-15)12-14-7-5-6-8-16(14)18/h5-9,11,13,17,19H,3-4,10,12H2,1-2H3. The number of hydrogen-bond acceptors (Lipinski definition) is 1. The third-order valence-electron chi connectivity index (χ3n) is 3.54. The van der Waals surface area contributed by atoms with Crippen molar-refractivity contribution in [3.63, 3.8) is 0 Å². The van der Waals surface area contributed by atoms with Gasteiger partial charge in [-0.2, -0.15) is 0 Å². The molecular formula is C17H23FN2. The summed E-state index contributed by atoms with van der Waals surface area (Å²) in [5, 5.41) is 3.54. The summed E-state index contributed by atoms with van der Waals surface area (Å²) < 4.78 is 15.7. The molecule has 0 aliphatic heterocycles. The van der Waals surface area contributed by atoms with E-state index in [9.17, 15) is 4.39 Å². The van der Waals surface area contributed by atoms with Gasteiger partial charge in [-0.1, -0.05) is 32.0 Å². The van der Waals surface area contributed by atoms with E-state index in [0.29, 0.717) is 12.6 Å². The average molecular weight is 274 g/mol. The molecule has 0 aliphatic carbocycles. The van der Waals surface area contributed by atoms with E-state index in [-0.39, 0.29) is 5.82 Å². The fourth-order valence-corrected chi connectivity index (χ4v) is 2.40. The number of benzene rings is 1. The van der Waals surface area contributed by atoms with Gasteiger partial charge >= 0.3 is 0 Å². The van der Waals surface area contributed by atoms with Gasteiger partial charge in [0.05, 0.1) is 0 Å². The van der Waals surface area contributed by atoms with Crippen LogP contribution in [-0.4, -0.2) is 11.1 Å². The van der Waals surface area contributed by atoms with Crippen molar-refractivity contribution in [2.24, 2.45) is 0 Å². The second kappa shape index (κ2) is 7.25. The lowest BCUT2D eigenvalue weighted by Gasteiger charge is -2.15. The molecule has 0 radical (unpaired) electrons. The second-order valence-corrected chi connectivity index (χ2v) is 5.12. The molecule has 0 saturated carbocycles. The minimum atomic E-state index is -0.140. The molecular weight excluding hydrogens is 251 g/mol. The van der Waals surface area contributed by atoms with Gasteiger partial charge in [0.15, 0.2) is 0 Å². The highest BCUT2D eigenvalue weighted by Gasteiger charge is 2.10. The van der Waals surface area contributed by atoms with Gasteiger partial charge in [-0.25, -0.2) is 4.39 Å². The fourth-order valence-electron chi connectivity index (χ4n) is 2.40. The largest absolute Gasteiger partial charge is 0.349 e. The smallest absolute Gasteiger partial charge is 0.128 e. The highest BCUT2D eigenvalue weighted by Crippen LogP contribution is 2.18. The first-order valence-corrected chi connectivity index (χ1v) is 7.37. The molecule has 2 aromatic rings. The van der Waals surface area contributed by atoms with E-state index in [2.05, 4.69) is 31.4 Å². The monoisotopic (exact) mass is 274 g/mol. The number of hydrogen-bond donors (Lipinski definition) is 1. The Morgan fingerprint density at radius 2 is 2.00 bits per heavy atom. The molecule has 2 nitrogen and oxygen atoms in total. The number of nitrogens with zero attached hydrogens (tertiary/aromatic N) is 1. The van der Waals surface area contributed by atoms with Gasteiger partial charge in [0, 0.05) is 30.5 Å². The molecule has 0 amide bonds. The van der Waals surface area contributed by atoms with Crippen molar-refractivity contribution in [1.82, 2.24) is 9.88 Å². The van der Waals surface area contributed by atoms with Crippen LogP contribution in [0.25, 0.3) is 0 Å². The minimum Gasteiger partial charge on any atom is -0.349 e. The summed E-state index contributed by atoms with van der Waals surface area (Å²) in [5.74, 6) is -0.140. The van der Waals surface area contributed by atoms with Gasteiger partial charge in [0.1, 0.15) is 5.82 Å². The Labute approximate surface area is 120 Å². The summed E-state index contributed by atoms with van der Waals surface area (Å²) in [6.45, 7) is 5.96. The van der Waals surface area contributed by atoms with Crippen LogP contribution in [0.15, 0.2) is 42.7 Å². The number of halogens is 1. The Bertz CT molecular complexity index is 533. The fraction of sp³-hybridized carbons (Fsp3) is 0.412. The van der Waals surface area contributed by atoms with E-state index in [1.165, 1.54) is 11.6 Å². The summed E-state index contributed by atoms with van der Waals surface area (Å²) in [6.07, 6.45) is 6.33. The average Bonchev–Trinajstić information content (AvgIpc) is 2.91. The maximum absolute atomic E-state index is 13.6. The zero-order chi connectivity index (χ0) is 14.4. The zero-order valence-electron chi connectivity index (χ0n) is 12.3. The highest BCUT2D eigenvalue weighted by atomic mass is 19.1. The first-order valence-electron chi connectivity index (χ1n) is 7.37. The lowest BCUT2D eigenvalue weighted by molar-refractivity contribution is 0.517. The molecule has 1 unspecified atom stereocenters. The molecule has 3 heteroatoms.